The first kappa shape index (κ1) is 13.6. The van der Waals surface area contributed by atoms with E-state index in [-0.39, 0.29) is 0 Å². The lowest BCUT2D eigenvalue weighted by Crippen LogP contribution is -2.38. The van der Waals surface area contributed by atoms with E-state index in [4.69, 9.17) is 9.15 Å². The highest BCUT2D eigenvalue weighted by atomic mass is 16.5. The molecule has 2 rings (SSSR count). The molecule has 102 valence electrons. The van der Waals surface area contributed by atoms with Crippen molar-refractivity contribution in [2.45, 2.75) is 44.9 Å². The van der Waals surface area contributed by atoms with E-state index in [1.54, 1.807) is 6.26 Å². The van der Waals surface area contributed by atoms with Crippen molar-refractivity contribution < 1.29 is 14.3 Å². The van der Waals surface area contributed by atoms with Crippen molar-refractivity contribution in [2.24, 2.45) is 5.92 Å². The highest BCUT2D eigenvalue weighted by Gasteiger charge is 2.23. The molecule has 1 aliphatic rings. The highest BCUT2D eigenvalue weighted by Crippen LogP contribution is 2.24. The summed E-state index contributed by atoms with van der Waals surface area (Å²) in [5.74, 6) is 1.51. The standard InChI is InChI=1S/C14H23NO3/c1-11-4-2-6-14(11)15-8-12(16)9-17-10-13-5-3-7-18-13/h3,5,7,11-12,14-16H,2,4,6,8-10H2,1H3. The van der Waals surface area contributed by atoms with Crippen molar-refractivity contribution in [3.8, 4) is 0 Å². The summed E-state index contributed by atoms with van der Waals surface area (Å²) in [6, 6.07) is 4.26. The number of nitrogens with one attached hydrogen (secondary N) is 1. The van der Waals surface area contributed by atoms with Crippen molar-refractivity contribution in [1.82, 2.24) is 5.32 Å². The molecule has 1 heterocycles. The number of furan rings is 1. The maximum absolute atomic E-state index is 9.81. The van der Waals surface area contributed by atoms with Gasteiger partial charge in [0.1, 0.15) is 12.4 Å². The third kappa shape index (κ3) is 4.12. The molecule has 0 amide bonds. The fourth-order valence-electron chi connectivity index (χ4n) is 2.49. The van der Waals surface area contributed by atoms with Crippen LogP contribution in [-0.2, 0) is 11.3 Å². The van der Waals surface area contributed by atoms with Gasteiger partial charge in [-0.15, -0.1) is 0 Å². The van der Waals surface area contributed by atoms with Gasteiger partial charge in [-0.1, -0.05) is 13.3 Å². The molecule has 18 heavy (non-hydrogen) atoms. The number of hydrogen-bond acceptors (Lipinski definition) is 4. The van der Waals surface area contributed by atoms with Gasteiger partial charge in [0.05, 0.1) is 19.0 Å². The second-order valence-electron chi connectivity index (χ2n) is 5.17. The first-order valence-electron chi connectivity index (χ1n) is 6.77. The zero-order chi connectivity index (χ0) is 12.8. The molecule has 1 aliphatic carbocycles. The number of ether oxygens (including phenoxy) is 1. The molecule has 0 spiro atoms. The molecule has 1 aromatic heterocycles. The van der Waals surface area contributed by atoms with Crippen LogP contribution in [0.4, 0.5) is 0 Å². The molecule has 0 aliphatic heterocycles. The summed E-state index contributed by atoms with van der Waals surface area (Å²) in [7, 11) is 0. The van der Waals surface area contributed by atoms with Gasteiger partial charge in [-0.3, -0.25) is 0 Å². The molecule has 4 heteroatoms. The lowest BCUT2D eigenvalue weighted by Gasteiger charge is -2.19. The minimum atomic E-state index is -0.451. The van der Waals surface area contributed by atoms with Crippen LogP contribution in [0.1, 0.15) is 31.9 Å². The fraction of sp³-hybridized carbons (Fsp3) is 0.714. The summed E-state index contributed by atoms with van der Waals surface area (Å²) in [5.41, 5.74) is 0. The van der Waals surface area contributed by atoms with Crippen molar-refractivity contribution in [1.29, 1.82) is 0 Å². The molecule has 3 atom stereocenters. The molecule has 0 aromatic carbocycles. The summed E-state index contributed by atoms with van der Waals surface area (Å²) in [6.45, 7) is 3.64. The number of aliphatic hydroxyl groups is 1. The third-order valence-corrected chi connectivity index (χ3v) is 3.61. The molecular weight excluding hydrogens is 230 g/mol. The Hall–Kier alpha value is -0.840. The van der Waals surface area contributed by atoms with E-state index >= 15 is 0 Å². The van der Waals surface area contributed by atoms with Crippen LogP contribution in [0.3, 0.4) is 0 Å². The van der Waals surface area contributed by atoms with E-state index in [9.17, 15) is 5.11 Å². The van der Waals surface area contributed by atoms with Crippen molar-refractivity contribution >= 4 is 0 Å². The van der Waals surface area contributed by atoms with Crippen molar-refractivity contribution in [3.05, 3.63) is 24.2 Å². The second kappa shape index (κ2) is 6.92. The van der Waals surface area contributed by atoms with Gasteiger partial charge in [0.25, 0.3) is 0 Å². The molecule has 1 aromatic rings. The maximum Gasteiger partial charge on any atom is 0.129 e. The molecule has 2 N–H and O–H groups in total. The Morgan fingerprint density at radius 1 is 1.56 bits per heavy atom. The van der Waals surface area contributed by atoms with E-state index in [0.717, 1.165) is 11.7 Å². The Morgan fingerprint density at radius 2 is 2.44 bits per heavy atom. The van der Waals surface area contributed by atoms with Gasteiger partial charge in [-0.05, 0) is 30.9 Å². The highest BCUT2D eigenvalue weighted by molar-refractivity contribution is 4.96. The van der Waals surface area contributed by atoms with Crippen LogP contribution in [-0.4, -0.2) is 30.4 Å². The molecule has 1 fully saturated rings. The van der Waals surface area contributed by atoms with Crippen LogP contribution in [0, 0.1) is 5.92 Å². The zero-order valence-electron chi connectivity index (χ0n) is 11.0. The average Bonchev–Trinajstić information content (AvgIpc) is 2.98. The second-order valence-corrected chi connectivity index (χ2v) is 5.17. The maximum atomic E-state index is 9.81. The van der Waals surface area contributed by atoms with Crippen molar-refractivity contribution in [2.75, 3.05) is 13.2 Å². The van der Waals surface area contributed by atoms with Gasteiger partial charge >= 0.3 is 0 Å². The van der Waals surface area contributed by atoms with Gasteiger partial charge in [-0.25, -0.2) is 0 Å². The Morgan fingerprint density at radius 3 is 3.11 bits per heavy atom. The first-order chi connectivity index (χ1) is 8.75. The average molecular weight is 253 g/mol. The van der Waals surface area contributed by atoms with Gasteiger partial charge < -0.3 is 19.6 Å². The summed E-state index contributed by atoms with van der Waals surface area (Å²) < 4.78 is 10.5. The first-order valence-corrected chi connectivity index (χ1v) is 6.77. The minimum absolute atomic E-state index is 0.342. The normalized spacial score (nSPS) is 25.4. The van der Waals surface area contributed by atoms with Crippen LogP contribution in [0.15, 0.2) is 22.8 Å². The third-order valence-electron chi connectivity index (χ3n) is 3.61. The van der Waals surface area contributed by atoms with E-state index in [0.29, 0.717) is 25.8 Å². The Kier molecular flexibility index (Phi) is 5.23. The van der Waals surface area contributed by atoms with E-state index < -0.39 is 6.10 Å². The number of hydrogen-bond donors (Lipinski definition) is 2. The quantitative estimate of drug-likeness (QED) is 0.779. The lowest BCUT2D eigenvalue weighted by molar-refractivity contribution is 0.0211. The Bertz CT molecular complexity index is 326. The largest absolute Gasteiger partial charge is 0.467 e. The zero-order valence-corrected chi connectivity index (χ0v) is 11.0. The lowest BCUT2D eigenvalue weighted by atomic mass is 10.1. The number of rotatable bonds is 7. The van der Waals surface area contributed by atoms with E-state index in [1.807, 2.05) is 12.1 Å². The van der Waals surface area contributed by atoms with Crippen LogP contribution in [0.25, 0.3) is 0 Å². The number of aliphatic hydroxyl groups excluding tert-OH is 1. The SMILES string of the molecule is CC1CCCC1NCC(O)COCc1ccco1. The Labute approximate surface area is 108 Å². The molecular formula is C14H23NO3. The van der Waals surface area contributed by atoms with Gasteiger partial charge in [0, 0.05) is 12.6 Å². The van der Waals surface area contributed by atoms with Gasteiger partial charge in [-0.2, -0.15) is 0 Å². The van der Waals surface area contributed by atoms with Crippen LogP contribution in [0.2, 0.25) is 0 Å². The predicted molar refractivity (Wildman–Crippen MR) is 69.2 cm³/mol. The minimum Gasteiger partial charge on any atom is -0.467 e. The monoisotopic (exact) mass is 253 g/mol. The van der Waals surface area contributed by atoms with Gasteiger partial charge in [0.2, 0.25) is 0 Å². The smallest absolute Gasteiger partial charge is 0.129 e. The summed E-state index contributed by atoms with van der Waals surface area (Å²) in [5, 5.41) is 13.2. The summed E-state index contributed by atoms with van der Waals surface area (Å²) in [6.07, 6.45) is 4.99. The molecule has 0 radical (unpaired) electrons. The molecule has 0 bridgehead atoms. The molecule has 3 unspecified atom stereocenters. The predicted octanol–water partition coefficient (Wildman–Crippen LogP) is 1.94. The molecule has 0 saturated heterocycles. The van der Waals surface area contributed by atoms with Crippen molar-refractivity contribution in [3.63, 3.8) is 0 Å². The van der Waals surface area contributed by atoms with E-state index in [1.165, 1.54) is 19.3 Å². The topological polar surface area (TPSA) is 54.6 Å². The van der Waals surface area contributed by atoms with Gasteiger partial charge in [0.15, 0.2) is 0 Å². The molecule has 1 saturated carbocycles. The summed E-state index contributed by atoms with van der Waals surface area (Å²) in [4.78, 5) is 0. The van der Waals surface area contributed by atoms with Crippen LogP contribution < -0.4 is 5.32 Å². The van der Waals surface area contributed by atoms with E-state index in [2.05, 4.69) is 12.2 Å². The summed E-state index contributed by atoms with van der Waals surface area (Å²) >= 11 is 0. The fourth-order valence-corrected chi connectivity index (χ4v) is 2.49. The Balaban J connectivity index is 1.56. The van der Waals surface area contributed by atoms with Crippen LogP contribution >= 0.6 is 0 Å². The van der Waals surface area contributed by atoms with Crippen LogP contribution in [0.5, 0.6) is 0 Å². The molecule has 4 nitrogen and oxygen atoms in total.